The van der Waals surface area contributed by atoms with Gasteiger partial charge in [-0.05, 0) is 106 Å². The molecule has 8 bridgehead atoms. The van der Waals surface area contributed by atoms with E-state index in [9.17, 15) is 35.7 Å². The third-order valence-electron chi connectivity index (χ3n) is 15.4. The van der Waals surface area contributed by atoms with E-state index in [1.54, 1.807) is 16.9 Å². The maximum Gasteiger partial charge on any atom is 0.187 e. The lowest BCUT2D eigenvalue weighted by Gasteiger charge is -2.55. The van der Waals surface area contributed by atoms with Gasteiger partial charge in [-0.25, -0.2) is 0 Å². The van der Waals surface area contributed by atoms with Crippen LogP contribution in [0, 0.1) is 46.8 Å². The molecule has 5 saturated heterocycles. The van der Waals surface area contributed by atoms with Gasteiger partial charge in [0.15, 0.2) is 12.1 Å². The van der Waals surface area contributed by atoms with Crippen LogP contribution in [0.2, 0.25) is 0 Å². The predicted molar refractivity (Wildman–Crippen MR) is 213 cm³/mol. The number of allylic oxidation sites excluding steroid dienone is 4. The molecule has 0 aromatic heterocycles. The van der Waals surface area contributed by atoms with Crippen molar-refractivity contribution in [3.63, 3.8) is 0 Å². The molecule has 1 spiro atoms. The van der Waals surface area contributed by atoms with Crippen LogP contribution in [0.3, 0.4) is 0 Å². The fraction of sp³-hybridized carbons (Fsp3) is 0.857. The summed E-state index contributed by atoms with van der Waals surface area (Å²) in [6, 6.07) is 0. The molecule has 57 heavy (non-hydrogen) atoms. The fourth-order valence-electron chi connectivity index (χ4n) is 12.5. The van der Waals surface area contributed by atoms with Gasteiger partial charge in [-0.15, -0.1) is 0 Å². The highest BCUT2D eigenvalue weighted by atomic mass is 33.1. The van der Waals surface area contributed by atoms with E-state index in [0.717, 1.165) is 57.1 Å². The van der Waals surface area contributed by atoms with Crippen molar-refractivity contribution in [1.82, 2.24) is 5.32 Å². The van der Waals surface area contributed by atoms with Gasteiger partial charge < -0.3 is 50.5 Å². The highest BCUT2D eigenvalue weighted by Crippen LogP contribution is 2.60. The van der Waals surface area contributed by atoms with Crippen LogP contribution in [0.4, 0.5) is 0 Å². The number of ketones is 2. The van der Waals surface area contributed by atoms with Crippen molar-refractivity contribution in [2.45, 2.75) is 149 Å². The molecule has 17 unspecified atom stereocenters. The first-order valence-electron chi connectivity index (χ1n) is 21.9. The molecule has 5 aliphatic heterocycles. The minimum Gasteiger partial charge on any atom is -0.511 e. The summed E-state index contributed by atoms with van der Waals surface area (Å²) in [6.45, 7) is 0.282. The Hall–Kier alpha value is -1.08. The average Bonchev–Trinajstić information content (AvgIpc) is 3.22. The molecule has 10 N–H and O–H groups in total. The Labute approximate surface area is 343 Å². The van der Waals surface area contributed by atoms with Crippen LogP contribution in [0.25, 0.3) is 0 Å². The first-order chi connectivity index (χ1) is 27.5. The van der Waals surface area contributed by atoms with Crippen molar-refractivity contribution in [1.29, 1.82) is 0 Å². The highest BCUT2D eigenvalue weighted by molar-refractivity contribution is 8.77. The second-order valence-electron chi connectivity index (χ2n) is 18.6. The van der Waals surface area contributed by atoms with Crippen molar-refractivity contribution in [2.75, 3.05) is 26.4 Å². The van der Waals surface area contributed by atoms with E-state index >= 15 is 9.59 Å². The van der Waals surface area contributed by atoms with Crippen molar-refractivity contribution in [3.05, 3.63) is 23.5 Å². The van der Waals surface area contributed by atoms with Crippen molar-refractivity contribution in [3.8, 4) is 0 Å². The molecule has 15 heteroatoms. The zero-order chi connectivity index (χ0) is 40.1. The van der Waals surface area contributed by atoms with Gasteiger partial charge in [-0.3, -0.25) is 14.9 Å². The lowest BCUT2D eigenvalue weighted by molar-refractivity contribution is -0.715. The Kier molecular flexibility index (Phi) is 13.2. The first kappa shape index (κ1) is 42.6. The van der Waals surface area contributed by atoms with E-state index in [0.29, 0.717) is 44.9 Å². The van der Waals surface area contributed by atoms with Gasteiger partial charge in [0.1, 0.15) is 47.0 Å². The van der Waals surface area contributed by atoms with Gasteiger partial charge in [0.2, 0.25) is 0 Å². The van der Waals surface area contributed by atoms with Crippen LogP contribution in [0.5, 0.6) is 0 Å². The Morgan fingerprint density at radius 2 is 1.72 bits per heavy atom. The van der Waals surface area contributed by atoms with E-state index in [1.807, 2.05) is 6.08 Å². The van der Waals surface area contributed by atoms with Gasteiger partial charge in [-0.1, -0.05) is 46.9 Å². The second-order valence-corrected chi connectivity index (χ2v) is 21.3. The second kappa shape index (κ2) is 17.7. The number of aliphatic hydroxyl groups excluding tert-OH is 6. The molecule has 0 amide bonds. The Morgan fingerprint density at radius 3 is 2.51 bits per heavy atom. The minimum absolute atomic E-state index is 0.0329. The molecule has 320 valence electrons. The zero-order valence-electron chi connectivity index (χ0n) is 32.9. The highest BCUT2D eigenvalue weighted by Gasteiger charge is 2.67. The number of nitrogens with one attached hydrogen (secondary N) is 1. The Balaban J connectivity index is 1.20. The van der Waals surface area contributed by atoms with Crippen LogP contribution < -0.4 is 10.6 Å². The predicted octanol–water partition coefficient (Wildman–Crippen LogP) is 1.83. The molecule has 0 radical (unpaired) electrons. The molecule has 5 heterocycles. The molecular formula is C42H65N2O11S2+. The summed E-state index contributed by atoms with van der Waals surface area (Å²) in [6.07, 6.45) is 6.81. The SMILES string of the molecule is O=C1C2CCCC3OC4OC(CO)C(O)C(O)(CCC5CC[NH2+]C6NC(CCC56)SSC(CCCO)C5(C(=O)C32)C(O)=CC(CC2CCCC(CO)C2)=CC15)C4O. The fourth-order valence-corrected chi connectivity index (χ4v) is 16.0. The molecule has 3 saturated carbocycles. The molecule has 0 aromatic carbocycles. The maximum atomic E-state index is 15.8. The zero-order valence-corrected chi connectivity index (χ0v) is 34.5. The molecule has 8 fully saturated rings. The van der Waals surface area contributed by atoms with Gasteiger partial charge in [0, 0.05) is 30.3 Å². The average molecular weight is 838 g/mol. The molecule has 13 nitrogen and oxygen atoms in total. The number of Topliss-reactive ketones (excluding diaryl/α,β-unsaturated/α-hetero) is 2. The summed E-state index contributed by atoms with van der Waals surface area (Å²) in [5.74, 6) is -2.12. The topological polar surface area (TPSA) is 223 Å². The Bertz CT molecular complexity index is 1540. The normalized spacial score (nSPS) is 47.9. The molecular weight excluding hydrogens is 773 g/mol. The van der Waals surface area contributed by atoms with Crippen LogP contribution in [-0.4, -0.2) is 127 Å². The summed E-state index contributed by atoms with van der Waals surface area (Å²) in [5, 5.41) is 84.0. The number of fused-ring (bicyclic) bond motifs is 4. The van der Waals surface area contributed by atoms with Crippen molar-refractivity contribution < 1.29 is 60.1 Å². The number of piperidine rings is 2. The standard InChI is InChI=1S/C42H64N2O11S2/c45-15-3-8-32-42-28(18-24(19-31(42)48)17-22-4-1-5-23(16-22)20-46)35(49)27-6-2-7-29(34(27)37(42)51)54-40-38(52)41(53,36(50)30(21-47)55-40)13-11-25-12-14-43-39-26(25)9-10-33(44-39)57-56-32/h18-19,22-23,25-30,32-34,36,38-40,43-48,50,52-53H,1-17,20-21H2/p+1. The summed E-state index contributed by atoms with van der Waals surface area (Å²) in [5.41, 5.74) is -2.85. The van der Waals surface area contributed by atoms with E-state index < -0.39 is 71.3 Å². The van der Waals surface area contributed by atoms with Crippen molar-refractivity contribution in [2.24, 2.45) is 46.8 Å². The summed E-state index contributed by atoms with van der Waals surface area (Å²) in [7, 11) is 3.19. The lowest BCUT2D eigenvalue weighted by Crippen LogP contribution is -2.98. The number of hydrogen-bond acceptors (Lipinski definition) is 14. The number of ether oxygens (including phenoxy) is 2. The molecule has 9 aliphatic rings. The van der Waals surface area contributed by atoms with E-state index in [2.05, 4.69) is 10.6 Å². The number of carbonyl (C=O) groups is 2. The molecule has 4 aliphatic carbocycles. The maximum absolute atomic E-state index is 15.8. The molecule has 9 rings (SSSR count). The Morgan fingerprint density at radius 1 is 0.912 bits per heavy atom. The van der Waals surface area contributed by atoms with Gasteiger partial charge in [-0.2, -0.15) is 0 Å². The summed E-state index contributed by atoms with van der Waals surface area (Å²) in [4.78, 5) is 30.9. The number of nitrogens with two attached hydrogens (primary N) is 1. The minimum atomic E-state index is -2.06. The largest absolute Gasteiger partial charge is 0.511 e. The first-order valence-corrected chi connectivity index (χ1v) is 24.1. The lowest BCUT2D eigenvalue weighted by atomic mass is 9.50. The third-order valence-corrected chi connectivity index (χ3v) is 18.7. The molecule has 0 aromatic rings. The van der Waals surface area contributed by atoms with Gasteiger partial charge in [0.25, 0.3) is 0 Å². The number of rotatable bonds is 7. The van der Waals surface area contributed by atoms with E-state index in [4.69, 9.17) is 9.47 Å². The van der Waals surface area contributed by atoms with Crippen molar-refractivity contribution >= 4 is 33.2 Å². The summed E-state index contributed by atoms with van der Waals surface area (Å²) < 4.78 is 12.6. The number of hydrogen-bond donors (Lipinski definition) is 9. The number of carbonyl (C=O) groups excluding carboxylic acids is 2. The van der Waals surface area contributed by atoms with Gasteiger partial charge >= 0.3 is 0 Å². The quantitative estimate of drug-likeness (QED) is 0.167. The van der Waals surface area contributed by atoms with E-state index in [-0.39, 0.29) is 72.2 Å². The van der Waals surface area contributed by atoms with Crippen LogP contribution >= 0.6 is 21.6 Å². The third kappa shape index (κ3) is 7.75. The number of aliphatic hydroxyl groups is 7. The monoisotopic (exact) mass is 837 g/mol. The number of quaternary nitrogens is 1. The van der Waals surface area contributed by atoms with Crippen LogP contribution in [0.15, 0.2) is 23.5 Å². The van der Waals surface area contributed by atoms with Crippen LogP contribution in [-0.2, 0) is 19.1 Å². The van der Waals surface area contributed by atoms with E-state index in [1.165, 1.54) is 10.8 Å². The summed E-state index contributed by atoms with van der Waals surface area (Å²) >= 11 is 0. The molecule has 17 atom stereocenters. The van der Waals surface area contributed by atoms with Gasteiger partial charge in [0.05, 0.1) is 36.5 Å². The smallest absolute Gasteiger partial charge is 0.187 e. The van der Waals surface area contributed by atoms with Crippen LogP contribution in [0.1, 0.15) is 96.3 Å².